The molecule has 0 aliphatic heterocycles. The van der Waals surface area contributed by atoms with E-state index in [0.717, 1.165) is 18.3 Å². The fourth-order valence-electron chi connectivity index (χ4n) is 2.71. The summed E-state index contributed by atoms with van der Waals surface area (Å²) in [5.41, 5.74) is 0. The van der Waals surface area contributed by atoms with Crippen molar-refractivity contribution in [1.82, 2.24) is 20.1 Å². The van der Waals surface area contributed by atoms with Gasteiger partial charge in [-0.15, -0.1) is 0 Å². The lowest BCUT2D eigenvalue weighted by molar-refractivity contribution is 0.369. The topological polar surface area (TPSA) is 42.7 Å². The normalized spacial score (nSPS) is 19.1. The molecule has 0 unspecified atom stereocenters. The Morgan fingerprint density at radius 1 is 1.35 bits per heavy atom. The third kappa shape index (κ3) is 3.06. The molecule has 0 radical (unpaired) electrons. The first-order chi connectivity index (χ1) is 8.18. The summed E-state index contributed by atoms with van der Waals surface area (Å²) in [6.07, 6.45) is 7.21. The molecule has 1 atom stereocenters. The van der Waals surface area contributed by atoms with Crippen LogP contribution in [0.15, 0.2) is 6.33 Å². The van der Waals surface area contributed by atoms with Crippen LogP contribution in [-0.2, 0) is 6.54 Å². The third-order valence-corrected chi connectivity index (χ3v) is 3.83. The molecule has 1 fully saturated rings. The smallest absolute Gasteiger partial charge is 0.141 e. The van der Waals surface area contributed by atoms with Gasteiger partial charge in [-0.1, -0.05) is 12.8 Å². The minimum atomic E-state index is 0.385. The van der Waals surface area contributed by atoms with Gasteiger partial charge in [-0.3, -0.25) is 0 Å². The van der Waals surface area contributed by atoms with Crippen LogP contribution in [0, 0.1) is 5.92 Å². The zero-order valence-corrected chi connectivity index (χ0v) is 11.2. The average molecular weight is 236 g/mol. The summed E-state index contributed by atoms with van der Waals surface area (Å²) in [6.45, 7) is 7.40. The van der Waals surface area contributed by atoms with Gasteiger partial charge in [-0.05, 0) is 39.5 Å². The van der Waals surface area contributed by atoms with Gasteiger partial charge in [-0.25, -0.2) is 9.67 Å². The Labute approximate surface area is 104 Å². The lowest BCUT2D eigenvalue weighted by Gasteiger charge is -2.20. The molecule has 96 valence electrons. The van der Waals surface area contributed by atoms with Crippen molar-refractivity contribution < 1.29 is 0 Å². The number of nitrogens with zero attached hydrogens (tertiary/aromatic N) is 3. The Balaban J connectivity index is 1.86. The van der Waals surface area contributed by atoms with Crippen molar-refractivity contribution in [3.8, 4) is 0 Å². The Hall–Kier alpha value is -0.900. The van der Waals surface area contributed by atoms with E-state index in [1.165, 1.54) is 25.7 Å². The van der Waals surface area contributed by atoms with E-state index in [1.54, 1.807) is 6.33 Å². The summed E-state index contributed by atoms with van der Waals surface area (Å²) in [5.74, 6) is 1.90. The zero-order chi connectivity index (χ0) is 12.3. The molecule has 1 aromatic heterocycles. The fourth-order valence-corrected chi connectivity index (χ4v) is 2.71. The Morgan fingerprint density at radius 2 is 2.06 bits per heavy atom. The summed E-state index contributed by atoms with van der Waals surface area (Å²) in [4.78, 5) is 4.33. The van der Waals surface area contributed by atoms with E-state index in [9.17, 15) is 0 Å². The molecule has 17 heavy (non-hydrogen) atoms. The standard InChI is InChI=1S/C13H24N4/c1-10(2)17-13(15-9-16-17)8-14-11(3)12-6-4-5-7-12/h9-12,14H,4-8H2,1-3H3/t11-/m1/s1. The van der Waals surface area contributed by atoms with Crippen LogP contribution >= 0.6 is 0 Å². The average Bonchev–Trinajstić information content (AvgIpc) is 2.96. The molecule has 1 aromatic rings. The molecule has 0 aromatic carbocycles. The van der Waals surface area contributed by atoms with Crippen LogP contribution in [-0.4, -0.2) is 20.8 Å². The van der Waals surface area contributed by atoms with Crippen molar-refractivity contribution in [2.24, 2.45) is 5.92 Å². The molecule has 0 bridgehead atoms. The van der Waals surface area contributed by atoms with Crippen molar-refractivity contribution in [3.63, 3.8) is 0 Å². The van der Waals surface area contributed by atoms with E-state index in [-0.39, 0.29) is 0 Å². The molecule has 0 spiro atoms. The number of aromatic nitrogens is 3. The molecule has 2 rings (SSSR count). The van der Waals surface area contributed by atoms with E-state index >= 15 is 0 Å². The van der Waals surface area contributed by atoms with Crippen LogP contribution in [0.5, 0.6) is 0 Å². The minimum Gasteiger partial charge on any atom is -0.307 e. The highest BCUT2D eigenvalue weighted by molar-refractivity contribution is 4.87. The van der Waals surface area contributed by atoms with Gasteiger partial charge in [-0.2, -0.15) is 5.10 Å². The maximum absolute atomic E-state index is 4.33. The van der Waals surface area contributed by atoms with Crippen LogP contribution in [0.3, 0.4) is 0 Å². The molecular formula is C13H24N4. The van der Waals surface area contributed by atoms with Crippen LogP contribution in [0.4, 0.5) is 0 Å². The molecule has 1 aliphatic carbocycles. The second-order valence-electron chi connectivity index (χ2n) is 5.43. The fraction of sp³-hybridized carbons (Fsp3) is 0.846. The molecule has 0 saturated heterocycles. The van der Waals surface area contributed by atoms with E-state index in [0.29, 0.717) is 12.1 Å². The Bertz CT molecular complexity index is 339. The van der Waals surface area contributed by atoms with E-state index in [2.05, 4.69) is 36.2 Å². The number of hydrogen-bond donors (Lipinski definition) is 1. The van der Waals surface area contributed by atoms with E-state index in [4.69, 9.17) is 0 Å². The van der Waals surface area contributed by atoms with Gasteiger partial charge in [0, 0.05) is 12.1 Å². The summed E-state index contributed by atoms with van der Waals surface area (Å²) in [5, 5.41) is 7.86. The van der Waals surface area contributed by atoms with E-state index < -0.39 is 0 Å². The molecule has 1 saturated carbocycles. The SMILES string of the molecule is CC(C)n1ncnc1CN[C@H](C)C1CCCC1. The van der Waals surface area contributed by atoms with Crippen molar-refractivity contribution in [2.45, 2.75) is 65.1 Å². The van der Waals surface area contributed by atoms with Crippen LogP contribution in [0.25, 0.3) is 0 Å². The van der Waals surface area contributed by atoms with Crippen molar-refractivity contribution in [2.75, 3.05) is 0 Å². The van der Waals surface area contributed by atoms with Gasteiger partial charge in [0.2, 0.25) is 0 Å². The molecule has 1 aliphatic rings. The summed E-state index contributed by atoms with van der Waals surface area (Å²) < 4.78 is 1.99. The second kappa shape index (κ2) is 5.63. The third-order valence-electron chi connectivity index (χ3n) is 3.83. The molecule has 4 nitrogen and oxygen atoms in total. The first-order valence-electron chi connectivity index (χ1n) is 6.80. The second-order valence-corrected chi connectivity index (χ2v) is 5.43. The van der Waals surface area contributed by atoms with Gasteiger partial charge in [0.15, 0.2) is 0 Å². The predicted molar refractivity (Wildman–Crippen MR) is 68.7 cm³/mol. The summed E-state index contributed by atoms with van der Waals surface area (Å²) in [7, 11) is 0. The highest BCUT2D eigenvalue weighted by atomic mass is 15.4. The summed E-state index contributed by atoms with van der Waals surface area (Å²) >= 11 is 0. The first kappa shape index (κ1) is 12.6. The highest BCUT2D eigenvalue weighted by Gasteiger charge is 2.21. The minimum absolute atomic E-state index is 0.385. The van der Waals surface area contributed by atoms with Crippen molar-refractivity contribution in [1.29, 1.82) is 0 Å². The van der Waals surface area contributed by atoms with Crippen LogP contribution < -0.4 is 5.32 Å². The lowest BCUT2D eigenvalue weighted by atomic mass is 10.00. The molecule has 1 N–H and O–H groups in total. The molecule has 4 heteroatoms. The molecule has 1 heterocycles. The van der Waals surface area contributed by atoms with E-state index in [1.807, 2.05) is 4.68 Å². The lowest BCUT2D eigenvalue weighted by Crippen LogP contribution is -2.32. The number of rotatable bonds is 5. The quantitative estimate of drug-likeness (QED) is 0.854. The van der Waals surface area contributed by atoms with Crippen LogP contribution in [0.1, 0.15) is 58.3 Å². The monoisotopic (exact) mass is 236 g/mol. The maximum atomic E-state index is 4.33. The number of hydrogen-bond acceptors (Lipinski definition) is 3. The molecule has 0 amide bonds. The van der Waals surface area contributed by atoms with Crippen molar-refractivity contribution in [3.05, 3.63) is 12.2 Å². The van der Waals surface area contributed by atoms with Gasteiger partial charge < -0.3 is 5.32 Å². The highest BCUT2D eigenvalue weighted by Crippen LogP contribution is 2.27. The Kier molecular flexibility index (Phi) is 4.15. The first-order valence-corrected chi connectivity index (χ1v) is 6.80. The van der Waals surface area contributed by atoms with Crippen LogP contribution in [0.2, 0.25) is 0 Å². The largest absolute Gasteiger partial charge is 0.307 e. The van der Waals surface area contributed by atoms with Crippen molar-refractivity contribution >= 4 is 0 Å². The zero-order valence-electron chi connectivity index (χ0n) is 11.2. The van der Waals surface area contributed by atoms with Gasteiger partial charge in [0.25, 0.3) is 0 Å². The van der Waals surface area contributed by atoms with Gasteiger partial charge in [0.05, 0.1) is 6.54 Å². The van der Waals surface area contributed by atoms with Gasteiger partial charge in [0.1, 0.15) is 12.2 Å². The predicted octanol–water partition coefficient (Wildman–Crippen LogP) is 2.53. The number of nitrogens with one attached hydrogen (secondary N) is 1. The summed E-state index contributed by atoms with van der Waals surface area (Å²) in [6, 6.07) is 0.978. The van der Waals surface area contributed by atoms with Gasteiger partial charge >= 0.3 is 0 Å². The maximum Gasteiger partial charge on any atom is 0.141 e. The molecular weight excluding hydrogens is 212 g/mol. The Morgan fingerprint density at radius 3 is 2.71 bits per heavy atom.